The number of nitrogens with one attached hydrogen (secondary N) is 1. The summed E-state index contributed by atoms with van der Waals surface area (Å²) in [5, 5.41) is 2.68. The van der Waals surface area contributed by atoms with Crippen LogP contribution in [0.25, 0.3) is 0 Å². The summed E-state index contributed by atoms with van der Waals surface area (Å²) in [5.41, 5.74) is 0.219. The Morgan fingerprint density at radius 2 is 1.96 bits per heavy atom. The average molecular weight is 388 g/mol. The van der Waals surface area contributed by atoms with Crippen molar-refractivity contribution in [2.75, 3.05) is 45.0 Å². The fourth-order valence-corrected chi connectivity index (χ4v) is 2.92. The summed E-state index contributed by atoms with van der Waals surface area (Å²) in [6, 6.07) is 6.45. The zero-order valence-electron chi connectivity index (χ0n) is 15.1. The molecule has 0 spiro atoms. The Morgan fingerprint density at radius 1 is 1.14 bits per heavy atom. The van der Waals surface area contributed by atoms with Gasteiger partial charge in [0.1, 0.15) is 12.0 Å². The molecule has 1 aromatic heterocycles. The first kappa shape index (κ1) is 18.3. The SMILES string of the molecule is O=C(COc1coc(CN2CCOCC2)cc1=O)Nc1ccc2c(c1)OCO2. The molecule has 0 unspecified atom stereocenters. The third-order valence-electron chi connectivity index (χ3n) is 4.35. The van der Waals surface area contributed by atoms with Gasteiger partial charge >= 0.3 is 0 Å². The second-order valence-corrected chi connectivity index (χ2v) is 6.37. The van der Waals surface area contributed by atoms with E-state index in [1.54, 1.807) is 18.2 Å². The second kappa shape index (κ2) is 8.32. The molecule has 0 bridgehead atoms. The van der Waals surface area contributed by atoms with Gasteiger partial charge in [-0.25, -0.2) is 0 Å². The highest BCUT2D eigenvalue weighted by molar-refractivity contribution is 5.92. The zero-order valence-corrected chi connectivity index (χ0v) is 15.1. The van der Waals surface area contributed by atoms with Crippen molar-refractivity contribution in [2.24, 2.45) is 0 Å². The molecule has 1 N–H and O–H groups in total. The van der Waals surface area contributed by atoms with Gasteiger partial charge in [-0.05, 0) is 12.1 Å². The molecule has 9 heteroatoms. The van der Waals surface area contributed by atoms with Gasteiger partial charge in [0.2, 0.25) is 18.0 Å². The summed E-state index contributed by atoms with van der Waals surface area (Å²) in [7, 11) is 0. The van der Waals surface area contributed by atoms with Crippen LogP contribution in [0.3, 0.4) is 0 Å². The summed E-state index contributed by atoms with van der Waals surface area (Å²) in [5.74, 6) is 1.32. The van der Waals surface area contributed by atoms with E-state index in [0.717, 1.165) is 13.1 Å². The Kier molecular flexibility index (Phi) is 5.45. The number of anilines is 1. The van der Waals surface area contributed by atoms with Gasteiger partial charge in [-0.2, -0.15) is 0 Å². The highest BCUT2D eigenvalue weighted by Gasteiger charge is 2.16. The summed E-state index contributed by atoms with van der Waals surface area (Å²) >= 11 is 0. The number of amides is 1. The number of rotatable bonds is 6. The summed E-state index contributed by atoms with van der Waals surface area (Å²) in [6.45, 7) is 3.30. The number of carbonyl (C=O) groups is 1. The van der Waals surface area contributed by atoms with E-state index in [-0.39, 0.29) is 24.6 Å². The van der Waals surface area contributed by atoms with Crippen LogP contribution < -0.4 is 25.0 Å². The van der Waals surface area contributed by atoms with Gasteiger partial charge in [-0.1, -0.05) is 0 Å². The van der Waals surface area contributed by atoms with Crippen LogP contribution in [0.5, 0.6) is 17.2 Å². The maximum absolute atomic E-state index is 12.2. The van der Waals surface area contributed by atoms with E-state index in [2.05, 4.69) is 10.2 Å². The van der Waals surface area contributed by atoms with E-state index in [1.807, 2.05) is 0 Å². The monoisotopic (exact) mass is 388 g/mol. The van der Waals surface area contributed by atoms with E-state index < -0.39 is 5.91 Å². The molecule has 2 aliphatic rings. The lowest BCUT2D eigenvalue weighted by Gasteiger charge is -2.25. The van der Waals surface area contributed by atoms with Crippen molar-refractivity contribution < 1.29 is 28.2 Å². The maximum Gasteiger partial charge on any atom is 0.262 e. The third-order valence-corrected chi connectivity index (χ3v) is 4.35. The first-order chi connectivity index (χ1) is 13.7. The van der Waals surface area contributed by atoms with Crippen LogP contribution in [0, 0.1) is 0 Å². The van der Waals surface area contributed by atoms with Crippen LogP contribution in [0.2, 0.25) is 0 Å². The topological polar surface area (TPSA) is 99.5 Å². The fourth-order valence-electron chi connectivity index (χ4n) is 2.92. The van der Waals surface area contributed by atoms with E-state index in [1.165, 1.54) is 12.3 Å². The normalized spacial score (nSPS) is 16.0. The first-order valence-electron chi connectivity index (χ1n) is 8.91. The zero-order chi connectivity index (χ0) is 19.3. The summed E-state index contributed by atoms with van der Waals surface area (Å²) < 4.78 is 26.6. The average Bonchev–Trinajstić information content (AvgIpc) is 3.16. The van der Waals surface area contributed by atoms with Crippen molar-refractivity contribution in [3.63, 3.8) is 0 Å². The summed E-state index contributed by atoms with van der Waals surface area (Å²) in [4.78, 5) is 26.4. The number of nitrogens with zero attached hydrogens (tertiary/aromatic N) is 1. The molecule has 0 radical (unpaired) electrons. The van der Waals surface area contributed by atoms with Gasteiger partial charge in [0, 0.05) is 30.9 Å². The number of hydrogen-bond donors (Lipinski definition) is 1. The van der Waals surface area contributed by atoms with Crippen molar-refractivity contribution in [1.82, 2.24) is 4.90 Å². The summed E-state index contributed by atoms with van der Waals surface area (Å²) in [6.07, 6.45) is 1.24. The molecule has 9 nitrogen and oxygen atoms in total. The molecule has 148 valence electrons. The van der Waals surface area contributed by atoms with Gasteiger partial charge in [-0.3, -0.25) is 14.5 Å². The van der Waals surface area contributed by atoms with Gasteiger partial charge in [-0.15, -0.1) is 0 Å². The molecule has 1 aromatic carbocycles. The Bertz CT molecular complexity index is 905. The van der Waals surface area contributed by atoms with Gasteiger partial charge in [0.05, 0.1) is 19.8 Å². The standard InChI is InChI=1S/C19H20N2O7/c22-15-8-14(9-21-3-5-24-6-4-21)25-10-18(15)26-11-19(23)20-13-1-2-16-17(7-13)28-12-27-16/h1-2,7-8,10H,3-6,9,11-12H2,(H,20,23). The van der Waals surface area contributed by atoms with E-state index in [9.17, 15) is 9.59 Å². The van der Waals surface area contributed by atoms with Crippen molar-refractivity contribution in [3.05, 3.63) is 46.5 Å². The maximum atomic E-state index is 12.2. The van der Waals surface area contributed by atoms with Crippen LogP contribution in [0.15, 0.2) is 39.7 Å². The molecule has 28 heavy (non-hydrogen) atoms. The molecule has 2 aliphatic heterocycles. The minimum absolute atomic E-state index is 0.00781. The molecule has 1 saturated heterocycles. The lowest BCUT2D eigenvalue weighted by Crippen LogP contribution is -2.35. The Balaban J connectivity index is 1.30. The molecule has 0 saturated carbocycles. The van der Waals surface area contributed by atoms with E-state index in [4.69, 9.17) is 23.4 Å². The van der Waals surface area contributed by atoms with E-state index >= 15 is 0 Å². The predicted octanol–water partition coefficient (Wildman–Crippen LogP) is 1.22. The minimum Gasteiger partial charge on any atom is -0.477 e. The lowest BCUT2D eigenvalue weighted by atomic mass is 10.3. The molecule has 1 fully saturated rings. The van der Waals surface area contributed by atoms with Crippen LogP contribution in [-0.2, 0) is 16.1 Å². The van der Waals surface area contributed by atoms with Gasteiger partial charge < -0.3 is 28.7 Å². The molecule has 4 rings (SSSR count). The first-order valence-corrected chi connectivity index (χ1v) is 8.91. The van der Waals surface area contributed by atoms with E-state index in [0.29, 0.717) is 42.7 Å². The molecule has 3 heterocycles. The van der Waals surface area contributed by atoms with Crippen molar-refractivity contribution in [3.8, 4) is 17.2 Å². The molecular formula is C19H20N2O7. The number of morpholine rings is 1. The van der Waals surface area contributed by atoms with Crippen molar-refractivity contribution in [1.29, 1.82) is 0 Å². The van der Waals surface area contributed by atoms with Crippen LogP contribution in [0.1, 0.15) is 5.76 Å². The smallest absolute Gasteiger partial charge is 0.262 e. The molecule has 1 amide bonds. The third kappa shape index (κ3) is 4.44. The largest absolute Gasteiger partial charge is 0.477 e. The quantitative estimate of drug-likeness (QED) is 0.789. The van der Waals surface area contributed by atoms with Gasteiger partial charge in [0.15, 0.2) is 18.1 Å². The molecule has 0 atom stereocenters. The number of ether oxygens (including phenoxy) is 4. The Hall–Kier alpha value is -3.04. The highest BCUT2D eigenvalue weighted by Crippen LogP contribution is 2.34. The Morgan fingerprint density at radius 3 is 2.79 bits per heavy atom. The molecule has 0 aliphatic carbocycles. The minimum atomic E-state index is -0.407. The number of carbonyl (C=O) groups excluding carboxylic acids is 1. The lowest BCUT2D eigenvalue weighted by molar-refractivity contribution is -0.118. The fraction of sp³-hybridized carbons (Fsp3) is 0.368. The Labute approximate surface area is 160 Å². The number of hydrogen-bond acceptors (Lipinski definition) is 8. The highest BCUT2D eigenvalue weighted by atomic mass is 16.7. The number of benzene rings is 1. The number of fused-ring (bicyclic) bond motifs is 1. The van der Waals surface area contributed by atoms with Crippen LogP contribution in [-0.4, -0.2) is 50.5 Å². The van der Waals surface area contributed by atoms with Gasteiger partial charge in [0.25, 0.3) is 5.91 Å². The second-order valence-electron chi connectivity index (χ2n) is 6.37. The molecule has 2 aromatic rings. The van der Waals surface area contributed by atoms with Crippen LogP contribution >= 0.6 is 0 Å². The predicted molar refractivity (Wildman–Crippen MR) is 97.8 cm³/mol. The van der Waals surface area contributed by atoms with Crippen LogP contribution in [0.4, 0.5) is 5.69 Å². The van der Waals surface area contributed by atoms with Crippen molar-refractivity contribution >= 4 is 11.6 Å². The molecular weight excluding hydrogens is 368 g/mol. The van der Waals surface area contributed by atoms with Crippen molar-refractivity contribution in [2.45, 2.75) is 6.54 Å².